The molecule has 0 aliphatic rings. The van der Waals surface area contributed by atoms with Gasteiger partial charge in [0.15, 0.2) is 5.82 Å². The number of nitrogens with one attached hydrogen (secondary N) is 1. The summed E-state index contributed by atoms with van der Waals surface area (Å²) in [7, 11) is 0. The lowest BCUT2D eigenvalue weighted by atomic mass is 10.4. The van der Waals surface area contributed by atoms with Gasteiger partial charge in [-0.05, 0) is 0 Å². The Morgan fingerprint density at radius 1 is 1.18 bits per heavy atom. The zero-order valence-corrected chi connectivity index (χ0v) is 5.68. The molecule has 0 aliphatic heterocycles. The Morgan fingerprint density at radius 3 is 2.27 bits per heavy atom. The predicted molar refractivity (Wildman–Crippen MR) is 31.9 cm³/mol. The highest BCUT2D eigenvalue weighted by atomic mass is 35.5. The molecule has 0 amide bonds. The van der Waals surface area contributed by atoms with E-state index in [-0.39, 0.29) is 0 Å². The molecule has 1 aromatic rings. The summed E-state index contributed by atoms with van der Waals surface area (Å²) in [5.41, 5.74) is -1.19. The molecular weight excluding hydrogens is 183 g/mol. The molecule has 60 valence electrons. The standard InChI is InChI=1S/C5HClF3NO/c6-1-2(7)3(8)4(9)10-5(1)11/h(H,10,11). The molecule has 0 fully saturated rings. The molecule has 0 bridgehead atoms. The van der Waals surface area contributed by atoms with Crippen LogP contribution in [0.5, 0.6) is 0 Å². The quantitative estimate of drug-likeness (QED) is 0.607. The van der Waals surface area contributed by atoms with E-state index in [1.807, 2.05) is 0 Å². The van der Waals surface area contributed by atoms with Crippen LogP contribution >= 0.6 is 11.6 Å². The van der Waals surface area contributed by atoms with Gasteiger partial charge in [-0.2, -0.15) is 8.78 Å². The van der Waals surface area contributed by atoms with E-state index in [1.54, 1.807) is 0 Å². The summed E-state index contributed by atoms with van der Waals surface area (Å²) >= 11 is 4.93. The molecule has 0 atom stereocenters. The molecule has 1 rings (SSSR count). The summed E-state index contributed by atoms with van der Waals surface area (Å²) in [5, 5.41) is -0.982. The maximum atomic E-state index is 12.3. The molecule has 1 heterocycles. The monoisotopic (exact) mass is 183 g/mol. The molecule has 2 nitrogen and oxygen atoms in total. The maximum Gasteiger partial charge on any atom is 0.272 e. The van der Waals surface area contributed by atoms with Crippen LogP contribution < -0.4 is 5.56 Å². The molecule has 0 saturated heterocycles. The van der Waals surface area contributed by atoms with Crippen molar-refractivity contribution in [3.8, 4) is 0 Å². The highest BCUT2D eigenvalue weighted by Gasteiger charge is 2.15. The lowest BCUT2D eigenvalue weighted by molar-refractivity contribution is 0.424. The van der Waals surface area contributed by atoms with Crippen LogP contribution in [0.4, 0.5) is 13.2 Å². The summed E-state index contributed by atoms with van der Waals surface area (Å²) < 4.78 is 36.5. The van der Waals surface area contributed by atoms with Crippen molar-refractivity contribution in [3.05, 3.63) is 33.0 Å². The summed E-state index contributed by atoms with van der Waals surface area (Å²) in [6, 6.07) is 0. The van der Waals surface area contributed by atoms with Crippen molar-refractivity contribution in [2.75, 3.05) is 0 Å². The van der Waals surface area contributed by atoms with Crippen molar-refractivity contribution >= 4 is 11.6 Å². The second kappa shape index (κ2) is 2.58. The third-order valence-electron chi connectivity index (χ3n) is 1.00. The van der Waals surface area contributed by atoms with Gasteiger partial charge in [0, 0.05) is 0 Å². The second-order valence-electron chi connectivity index (χ2n) is 1.71. The first-order chi connectivity index (χ1) is 5.04. The van der Waals surface area contributed by atoms with Gasteiger partial charge in [0.05, 0.1) is 0 Å². The highest BCUT2D eigenvalue weighted by Crippen LogP contribution is 2.12. The Bertz CT molecular complexity index is 348. The number of hydrogen-bond donors (Lipinski definition) is 1. The Kier molecular flexibility index (Phi) is 1.90. The van der Waals surface area contributed by atoms with Gasteiger partial charge in [-0.25, -0.2) is 4.39 Å². The van der Waals surface area contributed by atoms with Crippen LogP contribution in [0.15, 0.2) is 4.79 Å². The SMILES string of the molecule is O=c1[nH]c(F)c(F)c(F)c1Cl. The van der Waals surface area contributed by atoms with E-state index in [2.05, 4.69) is 0 Å². The van der Waals surface area contributed by atoms with E-state index >= 15 is 0 Å². The average Bonchev–Trinajstić information content (AvgIpc) is 1.97. The summed E-state index contributed by atoms with van der Waals surface area (Å²) in [6.45, 7) is 0. The second-order valence-corrected chi connectivity index (χ2v) is 2.09. The van der Waals surface area contributed by atoms with Crippen molar-refractivity contribution in [1.29, 1.82) is 0 Å². The van der Waals surface area contributed by atoms with Crippen molar-refractivity contribution < 1.29 is 13.2 Å². The lowest BCUT2D eigenvalue weighted by Crippen LogP contribution is -2.13. The molecule has 0 aromatic carbocycles. The molecule has 0 radical (unpaired) electrons. The van der Waals surface area contributed by atoms with Gasteiger partial charge >= 0.3 is 0 Å². The smallest absolute Gasteiger partial charge is 0.272 e. The van der Waals surface area contributed by atoms with Crippen molar-refractivity contribution in [1.82, 2.24) is 4.98 Å². The van der Waals surface area contributed by atoms with Crippen LogP contribution in [-0.2, 0) is 0 Å². The third kappa shape index (κ3) is 1.23. The van der Waals surface area contributed by atoms with Crippen LogP contribution in [0.2, 0.25) is 5.02 Å². The Labute approximate surface area is 63.6 Å². The first-order valence-electron chi connectivity index (χ1n) is 2.46. The fraction of sp³-hybridized carbons (Fsp3) is 0. The van der Waals surface area contributed by atoms with E-state index in [9.17, 15) is 18.0 Å². The third-order valence-corrected chi connectivity index (χ3v) is 1.34. The zero-order chi connectivity index (χ0) is 8.59. The van der Waals surface area contributed by atoms with Gasteiger partial charge in [-0.15, -0.1) is 0 Å². The van der Waals surface area contributed by atoms with E-state index in [1.165, 1.54) is 4.98 Å². The van der Waals surface area contributed by atoms with Crippen LogP contribution in [-0.4, -0.2) is 4.98 Å². The predicted octanol–water partition coefficient (Wildman–Crippen LogP) is 1.45. The van der Waals surface area contributed by atoms with Gasteiger partial charge in [0.1, 0.15) is 5.02 Å². The molecule has 0 unspecified atom stereocenters. The number of aromatic nitrogens is 1. The summed E-state index contributed by atoms with van der Waals surface area (Å²) in [4.78, 5) is 11.8. The van der Waals surface area contributed by atoms with Crippen molar-refractivity contribution in [2.45, 2.75) is 0 Å². The fourth-order valence-corrected chi connectivity index (χ4v) is 0.632. The van der Waals surface area contributed by atoms with Crippen LogP contribution in [0.1, 0.15) is 0 Å². The first-order valence-corrected chi connectivity index (χ1v) is 2.84. The largest absolute Gasteiger partial charge is 0.295 e. The average molecular weight is 184 g/mol. The number of rotatable bonds is 0. The number of aromatic amines is 1. The van der Waals surface area contributed by atoms with Gasteiger partial charge in [0.2, 0.25) is 11.8 Å². The van der Waals surface area contributed by atoms with E-state index < -0.39 is 28.2 Å². The Balaban J connectivity index is 3.59. The van der Waals surface area contributed by atoms with E-state index in [4.69, 9.17) is 11.6 Å². The Morgan fingerprint density at radius 2 is 1.73 bits per heavy atom. The summed E-state index contributed by atoms with van der Waals surface area (Å²) in [5.74, 6) is -5.11. The molecule has 1 N–H and O–H groups in total. The first kappa shape index (κ1) is 8.13. The van der Waals surface area contributed by atoms with E-state index in [0.29, 0.717) is 0 Å². The molecule has 6 heteroatoms. The fourth-order valence-electron chi connectivity index (χ4n) is 0.502. The van der Waals surface area contributed by atoms with Gasteiger partial charge in [0.25, 0.3) is 5.56 Å². The lowest BCUT2D eigenvalue weighted by Gasteiger charge is -1.94. The highest BCUT2D eigenvalue weighted by molar-refractivity contribution is 6.30. The van der Waals surface area contributed by atoms with Crippen LogP contribution in [0, 0.1) is 17.6 Å². The van der Waals surface area contributed by atoms with Crippen molar-refractivity contribution in [2.24, 2.45) is 0 Å². The number of hydrogen-bond acceptors (Lipinski definition) is 1. The molecular formula is C5HClF3NO. The molecule has 11 heavy (non-hydrogen) atoms. The van der Waals surface area contributed by atoms with Gasteiger partial charge in [-0.3, -0.25) is 9.78 Å². The number of pyridine rings is 1. The zero-order valence-electron chi connectivity index (χ0n) is 4.92. The number of H-pyrrole nitrogens is 1. The van der Waals surface area contributed by atoms with Crippen molar-refractivity contribution in [3.63, 3.8) is 0 Å². The molecule has 0 saturated carbocycles. The maximum absolute atomic E-state index is 12.3. The topological polar surface area (TPSA) is 32.9 Å². The molecule has 0 aliphatic carbocycles. The number of halogens is 4. The van der Waals surface area contributed by atoms with Gasteiger partial charge in [-0.1, -0.05) is 11.6 Å². The minimum Gasteiger partial charge on any atom is -0.295 e. The summed E-state index contributed by atoms with van der Waals surface area (Å²) in [6.07, 6.45) is 0. The minimum atomic E-state index is -1.78. The molecule has 0 spiro atoms. The Hall–Kier alpha value is -0.970. The van der Waals surface area contributed by atoms with Crippen LogP contribution in [0.3, 0.4) is 0 Å². The minimum absolute atomic E-state index is 0.982. The normalized spacial score (nSPS) is 10.2. The van der Waals surface area contributed by atoms with Gasteiger partial charge < -0.3 is 0 Å². The van der Waals surface area contributed by atoms with Crippen LogP contribution in [0.25, 0.3) is 0 Å². The molecule has 1 aromatic heterocycles. The van der Waals surface area contributed by atoms with E-state index in [0.717, 1.165) is 0 Å².